The lowest BCUT2D eigenvalue weighted by Gasteiger charge is -2.19. The summed E-state index contributed by atoms with van der Waals surface area (Å²) in [6.07, 6.45) is 1.17. The second-order valence-corrected chi connectivity index (χ2v) is 7.95. The first-order valence-corrected chi connectivity index (χ1v) is 8.87. The van der Waals surface area contributed by atoms with E-state index >= 15 is 0 Å². The highest BCUT2D eigenvalue weighted by molar-refractivity contribution is 9.10. The van der Waals surface area contributed by atoms with Crippen molar-refractivity contribution in [1.82, 2.24) is 4.98 Å². The standard InChI is InChI=1S/C16H20BrN3O2S/c1-10(13-7-11(17)9-23-13)19-12-5-6-14(18-8-12)20-15(21)22-16(2,3)4/h5-10,19H,1-4H3,(H,18,20,21). The summed E-state index contributed by atoms with van der Waals surface area (Å²) in [5.41, 5.74) is 0.354. The first-order chi connectivity index (χ1) is 10.7. The molecule has 0 radical (unpaired) electrons. The summed E-state index contributed by atoms with van der Waals surface area (Å²) in [4.78, 5) is 17.1. The second kappa shape index (κ2) is 7.31. The van der Waals surface area contributed by atoms with Gasteiger partial charge in [-0.3, -0.25) is 5.32 Å². The first kappa shape index (κ1) is 17.7. The average molecular weight is 398 g/mol. The van der Waals surface area contributed by atoms with Crippen LogP contribution in [0.15, 0.2) is 34.2 Å². The molecule has 0 aliphatic rings. The van der Waals surface area contributed by atoms with Gasteiger partial charge in [0.15, 0.2) is 0 Å². The maximum atomic E-state index is 11.7. The summed E-state index contributed by atoms with van der Waals surface area (Å²) in [5.74, 6) is 0.455. The number of pyridine rings is 1. The molecule has 0 spiro atoms. The number of ether oxygens (including phenoxy) is 1. The quantitative estimate of drug-likeness (QED) is 0.721. The molecule has 7 heteroatoms. The molecule has 2 rings (SSSR count). The van der Waals surface area contributed by atoms with E-state index in [0.29, 0.717) is 5.82 Å². The van der Waals surface area contributed by atoms with Crippen molar-refractivity contribution in [3.05, 3.63) is 39.1 Å². The molecule has 23 heavy (non-hydrogen) atoms. The van der Waals surface area contributed by atoms with Crippen molar-refractivity contribution in [2.75, 3.05) is 10.6 Å². The fourth-order valence-corrected chi connectivity index (χ4v) is 3.29. The van der Waals surface area contributed by atoms with Gasteiger partial charge >= 0.3 is 6.09 Å². The van der Waals surface area contributed by atoms with Crippen molar-refractivity contribution in [2.45, 2.75) is 39.3 Å². The molecule has 2 N–H and O–H groups in total. The van der Waals surface area contributed by atoms with Crippen LogP contribution in [0.4, 0.5) is 16.3 Å². The third kappa shape index (κ3) is 5.84. The fourth-order valence-electron chi connectivity index (χ4n) is 1.84. The maximum absolute atomic E-state index is 11.7. The van der Waals surface area contributed by atoms with Gasteiger partial charge in [0, 0.05) is 14.7 Å². The van der Waals surface area contributed by atoms with Crippen LogP contribution >= 0.6 is 27.3 Å². The van der Waals surface area contributed by atoms with Gasteiger partial charge in [-0.1, -0.05) is 0 Å². The molecule has 124 valence electrons. The lowest BCUT2D eigenvalue weighted by atomic mass is 10.2. The van der Waals surface area contributed by atoms with E-state index in [1.165, 1.54) is 4.88 Å². The Labute approximate surface area is 148 Å². The van der Waals surface area contributed by atoms with Crippen LogP contribution in [-0.2, 0) is 4.74 Å². The van der Waals surface area contributed by atoms with Crippen molar-refractivity contribution in [3.63, 3.8) is 0 Å². The van der Waals surface area contributed by atoms with Crippen LogP contribution in [-0.4, -0.2) is 16.7 Å². The number of halogens is 1. The molecule has 2 heterocycles. The van der Waals surface area contributed by atoms with E-state index < -0.39 is 11.7 Å². The number of rotatable bonds is 4. The predicted octanol–water partition coefficient (Wildman–Crippen LogP) is 5.43. The van der Waals surface area contributed by atoms with Crippen LogP contribution < -0.4 is 10.6 Å². The predicted molar refractivity (Wildman–Crippen MR) is 98.2 cm³/mol. The Bertz CT molecular complexity index is 665. The van der Waals surface area contributed by atoms with Gasteiger partial charge in [0.1, 0.15) is 11.4 Å². The zero-order valence-electron chi connectivity index (χ0n) is 13.5. The van der Waals surface area contributed by atoms with E-state index in [4.69, 9.17) is 4.74 Å². The Morgan fingerprint density at radius 1 is 1.39 bits per heavy atom. The summed E-state index contributed by atoms with van der Waals surface area (Å²) >= 11 is 5.15. The summed E-state index contributed by atoms with van der Waals surface area (Å²) in [7, 11) is 0. The normalized spacial score (nSPS) is 12.6. The van der Waals surface area contributed by atoms with E-state index in [9.17, 15) is 4.79 Å². The highest BCUT2D eigenvalue weighted by Crippen LogP contribution is 2.27. The molecular formula is C16H20BrN3O2S. The Kier molecular flexibility index (Phi) is 5.64. The van der Waals surface area contributed by atoms with Gasteiger partial charge in [-0.2, -0.15) is 0 Å². The number of amides is 1. The van der Waals surface area contributed by atoms with Gasteiger partial charge < -0.3 is 10.1 Å². The molecular weight excluding hydrogens is 378 g/mol. The molecule has 0 aliphatic carbocycles. The Morgan fingerprint density at radius 3 is 2.65 bits per heavy atom. The van der Waals surface area contributed by atoms with Crippen LogP contribution in [0, 0.1) is 0 Å². The fraction of sp³-hybridized carbons (Fsp3) is 0.375. The number of aromatic nitrogens is 1. The van der Waals surface area contributed by atoms with Crippen LogP contribution in [0.5, 0.6) is 0 Å². The maximum Gasteiger partial charge on any atom is 0.413 e. The second-order valence-electron chi connectivity index (χ2n) is 6.09. The average Bonchev–Trinajstić information content (AvgIpc) is 2.85. The molecule has 2 aromatic rings. The van der Waals surface area contributed by atoms with Crippen molar-refractivity contribution >= 4 is 44.9 Å². The highest BCUT2D eigenvalue weighted by Gasteiger charge is 2.16. The molecule has 0 bridgehead atoms. The molecule has 1 unspecified atom stereocenters. The number of nitrogens with one attached hydrogen (secondary N) is 2. The van der Waals surface area contributed by atoms with Crippen molar-refractivity contribution < 1.29 is 9.53 Å². The number of carbonyl (C=O) groups is 1. The van der Waals surface area contributed by atoms with E-state index in [1.54, 1.807) is 23.6 Å². The molecule has 0 aliphatic heterocycles. The lowest BCUT2D eigenvalue weighted by molar-refractivity contribution is 0.0635. The molecule has 0 saturated heterocycles. The van der Waals surface area contributed by atoms with Crippen LogP contribution in [0.25, 0.3) is 0 Å². The van der Waals surface area contributed by atoms with E-state index in [0.717, 1.165) is 10.2 Å². The smallest absolute Gasteiger partial charge is 0.413 e. The number of carbonyl (C=O) groups excluding carboxylic acids is 1. The van der Waals surface area contributed by atoms with Gasteiger partial charge in [0.2, 0.25) is 0 Å². The Balaban J connectivity index is 1.93. The van der Waals surface area contributed by atoms with Crippen molar-refractivity contribution in [2.24, 2.45) is 0 Å². The lowest BCUT2D eigenvalue weighted by Crippen LogP contribution is -2.27. The molecule has 2 aromatic heterocycles. The largest absolute Gasteiger partial charge is 0.444 e. The van der Waals surface area contributed by atoms with Crippen LogP contribution in [0.2, 0.25) is 0 Å². The Morgan fingerprint density at radius 2 is 2.13 bits per heavy atom. The molecule has 0 aromatic carbocycles. The Hall–Kier alpha value is -1.60. The molecule has 1 amide bonds. The van der Waals surface area contributed by atoms with Gasteiger partial charge in [0.05, 0.1) is 17.9 Å². The monoisotopic (exact) mass is 397 g/mol. The molecule has 1 atom stereocenters. The minimum absolute atomic E-state index is 0.178. The van der Waals surface area contributed by atoms with E-state index in [1.807, 2.05) is 26.8 Å². The number of thiophene rings is 1. The van der Waals surface area contributed by atoms with Gasteiger partial charge in [-0.25, -0.2) is 9.78 Å². The van der Waals surface area contributed by atoms with Gasteiger partial charge in [-0.05, 0) is 61.8 Å². The highest BCUT2D eigenvalue weighted by atomic mass is 79.9. The third-order valence-electron chi connectivity index (χ3n) is 2.79. The minimum Gasteiger partial charge on any atom is -0.444 e. The van der Waals surface area contributed by atoms with Crippen LogP contribution in [0.1, 0.15) is 38.6 Å². The summed E-state index contributed by atoms with van der Waals surface area (Å²) in [6.45, 7) is 7.54. The summed E-state index contributed by atoms with van der Waals surface area (Å²) < 4.78 is 6.27. The summed E-state index contributed by atoms with van der Waals surface area (Å²) in [6, 6.07) is 5.88. The van der Waals surface area contributed by atoms with Gasteiger partial charge in [-0.15, -0.1) is 11.3 Å². The van der Waals surface area contributed by atoms with Crippen molar-refractivity contribution in [1.29, 1.82) is 0 Å². The third-order valence-corrected chi connectivity index (χ3v) is 4.67. The van der Waals surface area contributed by atoms with Crippen LogP contribution in [0.3, 0.4) is 0 Å². The number of nitrogens with zero attached hydrogens (tertiary/aromatic N) is 1. The topological polar surface area (TPSA) is 63.2 Å². The SMILES string of the molecule is CC(Nc1ccc(NC(=O)OC(C)(C)C)nc1)c1cc(Br)cs1. The van der Waals surface area contributed by atoms with Gasteiger partial charge in [0.25, 0.3) is 0 Å². The van der Waals surface area contributed by atoms with E-state index in [-0.39, 0.29) is 6.04 Å². The number of hydrogen-bond donors (Lipinski definition) is 2. The molecule has 0 fully saturated rings. The zero-order valence-corrected chi connectivity index (χ0v) is 15.9. The number of hydrogen-bond acceptors (Lipinski definition) is 5. The molecule has 5 nitrogen and oxygen atoms in total. The first-order valence-electron chi connectivity index (χ1n) is 7.19. The minimum atomic E-state index is -0.532. The molecule has 0 saturated carbocycles. The number of anilines is 2. The summed E-state index contributed by atoms with van der Waals surface area (Å²) in [5, 5.41) is 8.04. The zero-order chi connectivity index (χ0) is 17.0. The van der Waals surface area contributed by atoms with E-state index in [2.05, 4.69) is 49.9 Å². The van der Waals surface area contributed by atoms with Crippen molar-refractivity contribution in [3.8, 4) is 0 Å².